The molecular weight excluding hydrogens is 234 g/mol. The third kappa shape index (κ3) is 3.63. The Morgan fingerprint density at radius 2 is 2.12 bits per heavy atom. The molecule has 0 heterocycles. The van der Waals surface area contributed by atoms with Crippen LogP contribution >= 0.6 is 11.6 Å². The van der Waals surface area contributed by atoms with Gasteiger partial charge in [0.2, 0.25) is 0 Å². The van der Waals surface area contributed by atoms with Crippen molar-refractivity contribution in [2.75, 3.05) is 5.88 Å². The van der Waals surface area contributed by atoms with E-state index in [-0.39, 0.29) is 5.75 Å². The fraction of sp³-hybridized carbons (Fsp3) is 0.500. The minimum atomic E-state index is -2.78. The standard InChI is InChI=1S/C12H15ClF2O/c1-2-9-5-3-7-11(16-12(14)15)10(9)6-4-8-13/h3,5,7,12H,2,4,6,8H2,1H3. The van der Waals surface area contributed by atoms with Gasteiger partial charge in [-0.1, -0.05) is 19.1 Å². The lowest BCUT2D eigenvalue weighted by molar-refractivity contribution is -0.0504. The molecule has 1 aromatic carbocycles. The summed E-state index contributed by atoms with van der Waals surface area (Å²) in [6, 6.07) is 5.25. The second kappa shape index (κ2) is 6.69. The fourth-order valence-electron chi connectivity index (χ4n) is 1.68. The van der Waals surface area contributed by atoms with E-state index >= 15 is 0 Å². The van der Waals surface area contributed by atoms with Gasteiger partial charge in [-0.25, -0.2) is 0 Å². The van der Waals surface area contributed by atoms with Crippen LogP contribution in [0.15, 0.2) is 18.2 Å². The summed E-state index contributed by atoms with van der Waals surface area (Å²) in [6.07, 6.45) is 2.24. The molecule has 4 heteroatoms. The van der Waals surface area contributed by atoms with Crippen LogP contribution in [0.4, 0.5) is 8.78 Å². The topological polar surface area (TPSA) is 9.23 Å². The minimum absolute atomic E-state index is 0.277. The van der Waals surface area contributed by atoms with E-state index in [1.807, 2.05) is 13.0 Å². The summed E-state index contributed by atoms with van der Waals surface area (Å²) in [5.74, 6) is 0.797. The molecule has 0 fully saturated rings. The van der Waals surface area contributed by atoms with Crippen molar-refractivity contribution >= 4 is 11.6 Å². The molecule has 0 aromatic heterocycles. The maximum atomic E-state index is 12.2. The van der Waals surface area contributed by atoms with Gasteiger partial charge < -0.3 is 4.74 Å². The van der Waals surface area contributed by atoms with E-state index in [0.29, 0.717) is 12.3 Å². The maximum Gasteiger partial charge on any atom is 0.387 e. The Kier molecular flexibility index (Phi) is 5.53. The molecule has 1 nitrogen and oxygen atoms in total. The van der Waals surface area contributed by atoms with E-state index in [1.165, 1.54) is 0 Å². The fourth-order valence-corrected chi connectivity index (χ4v) is 1.81. The Hall–Kier alpha value is -0.830. The maximum absolute atomic E-state index is 12.2. The van der Waals surface area contributed by atoms with Crippen LogP contribution in [0.2, 0.25) is 0 Å². The predicted octanol–water partition coefficient (Wildman–Crippen LogP) is 4.02. The molecule has 0 radical (unpaired) electrons. The summed E-state index contributed by atoms with van der Waals surface area (Å²) < 4.78 is 28.9. The molecule has 90 valence electrons. The predicted molar refractivity (Wildman–Crippen MR) is 61.5 cm³/mol. The lowest BCUT2D eigenvalue weighted by atomic mass is 10.0. The monoisotopic (exact) mass is 248 g/mol. The Labute approximate surface area is 99.4 Å². The van der Waals surface area contributed by atoms with Gasteiger partial charge in [-0.05, 0) is 36.5 Å². The molecule has 0 spiro atoms. The number of halogens is 3. The highest BCUT2D eigenvalue weighted by Crippen LogP contribution is 2.26. The minimum Gasteiger partial charge on any atom is -0.435 e. The third-order valence-corrected chi connectivity index (χ3v) is 2.65. The van der Waals surface area contributed by atoms with E-state index in [1.54, 1.807) is 12.1 Å². The van der Waals surface area contributed by atoms with E-state index in [4.69, 9.17) is 11.6 Å². The van der Waals surface area contributed by atoms with Gasteiger partial charge in [-0.15, -0.1) is 11.6 Å². The molecule has 0 aliphatic carbocycles. The third-order valence-electron chi connectivity index (χ3n) is 2.39. The molecule has 0 aliphatic heterocycles. The molecule has 0 saturated heterocycles. The number of alkyl halides is 3. The number of aryl methyl sites for hydroxylation is 1. The number of ether oxygens (including phenoxy) is 1. The molecule has 1 rings (SSSR count). The van der Waals surface area contributed by atoms with Crippen molar-refractivity contribution in [1.82, 2.24) is 0 Å². The van der Waals surface area contributed by atoms with Gasteiger partial charge in [0.1, 0.15) is 5.75 Å². The summed E-state index contributed by atoms with van der Waals surface area (Å²) in [5, 5.41) is 0. The van der Waals surface area contributed by atoms with Crippen LogP contribution in [0.1, 0.15) is 24.5 Å². The van der Waals surface area contributed by atoms with Crippen molar-refractivity contribution in [2.45, 2.75) is 32.8 Å². The quantitative estimate of drug-likeness (QED) is 0.691. The smallest absolute Gasteiger partial charge is 0.387 e. The normalized spacial score (nSPS) is 10.8. The van der Waals surface area contributed by atoms with Crippen LogP contribution in [0.5, 0.6) is 5.75 Å². The summed E-state index contributed by atoms with van der Waals surface area (Å²) >= 11 is 5.62. The molecule has 0 amide bonds. The zero-order valence-electron chi connectivity index (χ0n) is 9.18. The Bertz CT molecular complexity index is 329. The van der Waals surface area contributed by atoms with Crippen LogP contribution in [-0.2, 0) is 12.8 Å². The van der Waals surface area contributed by atoms with Crippen molar-refractivity contribution in [1.29, 1.82) is 0 Å². The van der Waals surface area contributed by atoms with Crippen molar-refractivity contribution < 1.29 is 13.5 Å². The first-order valence-electron chi connectivity index (χ1n) is 5.30. The van der Waals surface area contributed by atoms with Crippen LogP contribution in [0.3, 0.4) is 0 Å². The number of hydrogen-bond acceptors (Lipinski definition) is 1. The van der Waals surface area contributed by atoms with Crippen molar-refractivity contribution in [2.24, 2.45) is 0 Å². The van der Waals surface area contributed by atoms with Crippen molar-refractivity contribution in [3.63, 3.8) is 0 Å². The van der Waals surface area contributed by atoms with Gasteiger partial charge >= 0.3 is 6.61 Å². The average Bonchev–Trinajstić information content (AvgIpc) is 2.26. The lowest BCUT2D eigenvalue weighted by Gasteiger charge is -2.13. The van der Waals surface area contributed by atoms with E-state index < -0.39 is 6.61 Å². The second-order valence-electron chi connectivity index (χ2n) is 3.42. The highest BCUT2D eigenvalue weighted by atomic mass is 35.5. The first kappa shape index (κ1) is 13.2. The summed E-state index contributed by atoms with van der Waals surface area (Å²) in [7, 11) is 0. The summed E-state index contributed by atoms with van der Waals surface area (Å²) in [6.45, 7) is -0.784. The van der Waals surface area contributed by atoms with Crippen molar-refractivity contribution in [3.8, 4) is 5.75 Å². The first-order valence-corrected chi connectivity index (χ1v) is 5.84. The van der Waals surface area contributed by atoms with Crippen molar-refractivity contribution in [3.05, 3.63) is 29.3 Å². The zero-order valence-corrected chi connectivity index (χ0v) is 9.94. The lowest BCUT2D eigenvalue weighted by Crippen LogP contribution is -2.06. The highest BCUT2D eigenvalue weighted by Gasteiger charge is 2.12. The van der Waals surface area contributed by atoms with Gasteiger partial charge in [0.05, 0.1) is 0 Å². The molecular formula is C12H15ClF2O. The molecule has 0 saturated carbocycles. The summed E-state index contributed by atoms with van der Waals surface area (Å²) in [4.78, 5) is 0. The van der Waals surface area contributed by atoms with Crippen LogP contribution in [0.25, 0.3) is 0 Å². The summed E-state index contributed by atoms with van der Waals surface area (Å²) in [5.41, 5.74) is 1.90. The molecule has 0 unspecified atom stereocenters. The van der Waals surface area contributed by atoms with Gasteiger partial charge in [-0.2, -0.15) is 8.78 Å². The largest absolute Gasteiger partial charge is 0.435 e. The number of hydrogen-bond donors (Lipinski definition) is 0. The van der Waals surface area contributed by atoms with Gasteiger partial charge in [0, 0.05) is 5.88 Å². The molecule has 1 aromatic rings. The van der Waals surface area contributed by atoms with Gasteiger partial charge in [0.25, 0.3) is 0 Å². The van der Waals surface area contributed by atoms with Crippen LogP contribution in [0, 0.1) is 0 Å². The van der Waals surface area contributed by atoms with Gasteiger partial charge in [-0.3, -0.25) is 0 Å². The first-order chi connectivity index (χ1) is 7.69. The Balaban J connectivity index is 2.95. The zero-order chi connectivity index (χ0) is 12.0. The SMILES string of the molecule is CCc1cccc(OC(F)F)c1CCCCl. The van der Waals surface area contributed by atoms with E-state index in [2.05, 4.69) is 4.74 Å². The average molecular weight is 249 g/mol. The Morgan fingerprint density at radius 1 is 1.38 bits per heavy atom. The second-order valence-corrected chi connectivity index (χ2v) is 3.80. The number of rotatable bonds is 6. The van der Waals surface area contributed by atoms with Crippen LogP contribution in [-0.4, -0.2) is 12.5 Å². The molecule has 0 bridgehead atoms. The van der Waals surface area contributed by atoms with E-state index in [9.17, 15) is 8.78 Å². The molecule has 0 N–H and O–H groups in total. The van der Waals surface area contributed by atoms with Gasteiger partial charge in [0.15, 0.2) is 0 Å². The molecule has 0 atom stereocenters. The van der Waals surface area contributed by atoms with E-state index in [0.717, 1.165) is 24.0 Å². The molecule has 16 heavy (non-hydrogen) atoms. The Morgan fingerprint density at radius 3 is 2.69 bits per heavy atom. The highest BCUT2D eigenvalue weighted by molar-refractivity contribution is 6.17. The number of benzene rings is 1. The van der Waals surface area contributed by atoms with Crippen LogP contribution < -0.4 is 4.74 Å². The molecule has 0 aliphatic rings.